The van der Waals surface area contributed by atoms with Crippen LogP contribution in [-0.4, -0.2) is 17.8 Å². The molecule has 0 aliphatic heterocycles. The van der Waals surface area contributed by atoms with Gasteiger partial charge in [-0.05, 0) is 45.4 Å². The fourth-order valence-corrected chi connectivity index (χ4v) is 1.71. The topological polar surface area (TPSA) is 55.4 Å². The van der Waals surface area contributed by atoms with Gasteiger partial charge in [-0.15, -0.1) is 0 Å². The first-order valence-electron chi connectivity index (χ1n) is 6.44. The van der Waals surface area contributed by atoms with Gasteiger partial charge in [-0.1, -0.05) is 12.1 Å². The van der Waals surface area contributed by atoms with E-state index in [2.05, 4.69) is 5.32 Å². The first-order valence-corrected chi connectivity index (χ1v) is 6.44. The van der Waals surface area contributed by atoms with Gasteiger partial charge in [0.25, 0.3) is 0 Å². The van der Waals surface area contributed by atoms with E-state index in [0.717, 1.165) is 11.3 Å². The number of ketones is 1. The molecule has 1 atom stereocenters. The Morgan fingerprint density at radius 3 is 2.21 bits per heavy atom. The third-order valence-corrected chi connectivity index (χ3v) is 2.54. The molecule has 0 aliphatic rings. The molecule has 0 fully saturated rings. The van der Waals surface area contributed by atoms with Gasteiger partial charge in [0.1, 0.15) is 11.5 Å². The van der Waals surface area contributed by atoms with Crippen LogP contribution in [0.3, 0.4) is 0 Å². The van der Waals surface area contributed by atoms with Gasteiger partial charge in [0.05, 0.1) is 18.6 Å². The molecule has 0 bridgehead atoms. The van der Waals surface area contributed by atoms with E-state index in [0.29, 0.717) is 0 Å². The van der Waals surface area contributed by atoms with Crippen molar-refractivity contribution in [2.45, 2.75) is 46.3 Å². The first-order chi connectivity index (χ1) is 8.88. The maximum Gasteiger partial charge on any atom is 0.227 e. The molecular weight excluding hydrogens is 242 g/mol. The molecule has 19 heavy (non-hydrogen) atoms. The highest BCUT2D eigenvalue weighted by molar-refractivity contribution is 5.96. The van der Waals surface area contributed by atoms with Gasteiger partial charge in [-0.25, -0.2) is 0 Å². The van der Waals surface area contributed by atoms with E-state index >= 15 is 0 Å². The van der Waals surface area contributed by atoms with Crippen LogP contribution in [0.25, 0.3) is 0 Å². The van der Waals surface area contributed by atoms with Crippen LogP contribution >= 0.6 is 0 Å². The molecule has 104 valence electrons. The zero-order chi connectivity index (χ0) is 14.4. The van der Waals surface area contributed by atoms with Crippen LogP contribution < -0.4 is 10.1 Å². The highest BCUT2D eigenvalue weighted by Gasteiger charge is 2.11. The number of benzene rings is 1. The highest BCUT2D eigenvalue weighted by atomic mass is 16.5. The number of rotatable bonds is 6. The Hall–Kier alpha value is -1.84. The third kappa shape index (κ3) is 5.55. The minimum atomic E-state index is -0.248. The van der Waals surface area contributed by atoms with Crippen molar-refractivity contribution in [3.63, 3.8) is 0 Å². The van der Waals surface area contributed by atoms with Gasteiger partial charge in [0.2, 0.25) is 5.91 Å². The van der Waals surface area contributed by atoms with E-state index in [-0.39, 0.29) is 30.3 Å². The van der Waals surface area contributed by atoms with E-state index in [4.69, 9.17) is 4.74 Å². The molecule has 0 aromatic heterocycles. The summed E-state index contributed by atoms with van der Waals surface area (Å²) in [5, 5.41) is 2.79. The van der Waals surface area contributed by atoms with Crippen LogP contribution in [0.15, 0.2) is 24.3 Å². The smallest absolute Gasteiger partial charge is 0.227 e. The average molecular weight is 263 g/mol. The molecular formula is C15H21NO3. The van der Waals surface area contributed by atoms with Crippen molar-refractivity contribution in [1.82, 2.24) is 5.32 Å². The molecule has 1 unspecified atom stereocenters. The second-order valence-electron chi connectivity index (χ2n) is 4.90. The lowest BCUT2D eigenvalue weighted by atomic mass is 10.1. The van der Waals surface area contributed by atoms with Crippen molar-refractivity contribution in [3.05, 3.63) is 29.8 Å². The van der Waals surface area contributed by atoms with E-state index in [1.807, 2.05) is 45.0 Å². The van der Waals surface area contributed by atoms with Crippen molar-refractivity contribution in [1.29, 1.82) is 0 Å². The van der Waals surface area contributed by atoms with Crippen LogP contribution in [0.4, 0.5) is 0 Å². The average Bonchev–Trinajstić information content (AvgIpc) is 2.27. The summed E-state index contributed by atoms with van der Waals surface area (Å²) in [5.74, 6) is 0.425. The summed E-state index contributed by atoms with van der Waals surface area (Å²) in [7, 11) is 0. The van der Waals surface area contributed by atoms with Crippen molar-refractivity contribution in [2.75, 3.05) is 0 Å². The van der Waals surface area contributed by atoms with Gasteiger partial charge < -0.3 is 10.1 Å². The lowest BCUT2D eigenvalue weighted by molar-refractivity contribution is -0.127. The monoisotopic (exact) mass is 263 g/mol. The van der Waals surface area contributed by atoms with Gasteiger partial charge in [-0.2, -0.15) is 0 Å². The summed E-state index contributed by atoms with van der Waals surface area (Å²) in [6, 6.07) is 7.46. The van der Waals surface area contributed by atoms with Crippen LogP contribution in [0.2, 0.25) is 0 Å². The summed E-state index contributed by atoms with van der Waals surface area (Å²) < 4.78 is 5.55. The molecule has 0 heterocycles. The van der Waals surface area contributed by atoms with Gasteiger partial charge >= 0.3 is 0 Å². The maximum absolute atomic E-state index is 11.5. The van der Waals surface area contributed by atoms with Crippen LogP contribution in [0, 0.1) is 0 Å². The Labute approximate surface area is 114 Å². The van der Waals surface area contributed by atoms with E-state index < -0.39 is 0 Å². The molecule has 0 spiro atoms. The largest absolute Gasteiger partial charge is 0.491 e. The second-order valence-corrected chi connectivity index (χ2v) is 4.90. The molecule has 0 saturated carbocycles. The molecule has 1 aromatic rings. The number of amides is 1. The van der Waals surface area contributed by atoms with E-state index in [1.165, 1.54) is 6.92 Å². The predicted octanol–water partition coefficient (Wildman–Crippen LogP) is 2.63. The molecule has 0 radical (unpaired) electrons. The van der Waals surface area contributed by atoms with E-state index in [9.17, 15) is 9.59 Å². The lowest BCUT2D eigenvalue weighted by Gasteiger charge is -2.15. The van der Waals surface area contributed by atoms with Crippen molar-refractivity contribution in [2.24, 2.45) is 0 Å². The number of hydrogen-bond donors (Lipinski definition) is 1. The van der Waals surface area contributed by atoms with Crippen LogP contribution in [0.1, 0.15) is 45.7 Å². The normalized spacial score (nSPS) is 12.1. The summed E-state index contributed by atoms with van der Waals surface area (Å²) in [4.78, 5) is 22.3. The van der Waals surface area contributed by atoms with Gasteiger partial charge in [0.15, 0.2) is 0 Å². The quantitative estimate of drug-likeness (QED) is 0.803. The molecule has 1 aromatic carbocycles. The maximum atomic E-state index is 11.5. The Kier molecular flexibility index (Phi) is 5.55. The summed E-state index contributed by atoms with van der Waals surface area (Å²) in [6.07, 6.45) is 0.0670. The molecule has 4 nitrogen and oxygen atoms in total. The fraction of sp³-hybridized carbons (Fsp3) is 0.467. The Bertz CT molecular complexity index is 437. The van der Waals surface area contributed by atoms with Crippen molar-refractivity contribution < 1.29 is 14.3 Å². The fourth-order valence-electron chi connectivity index (χ4n) is 1.71. The van der Waals surface area contributed by atoms with Crippen molar-refractivity contribution in [3.8, 4) is 5.75 Å². The number of hydrogen-bond acceptors (Lipinski definition) is 3. The zero-order valence-corrected chi connectivity index (χ0v) is 11.9. The molecule has 0 aliphatic carbocycles. The zero-order valence-electron chi connectivity index (χ0n) is 11.9. The number of nitrogens with one attached hydrogen (secondary N) is 1. The summed E-state index contributed by atoms with van der Waals surface area (Å²) >= 11 is 0. The minimum absolute atomic E-state index is 0.0706. The number of carbonyl (C=O) groups is 2. The number of ether oxygens (including phenoxy) is 1. The van der Waals surface area contributed by atoms with Gasteiger partial charge in [-0.3, -0.25) is 9.59 Å². The van der Waals surface area contributed by atoms with Crippen LogP contribution in [-0.2, 0) is 9.59 Å². The molecule has 4 heteroatoms. The third-order valence-electron chi connectivity index (χ3n) is 2.54. The minimum Gasteiger partial charge on any atom is -0.491 e. The summed E-state index contributed by atoms with van der Waals surface area (Å²) in [6.45, 7) is 7.23. The molecule has 1 N–H and O–H groups in total. The van der Waals surface area contributed by atoms with Gasteiger partial charge in [0, 0.05) is 0 Å². The predicted molar refractivity (Wildman–Crippen MR) is 74.1 cm³/mol. The second kappa shape index (κ2) is 6.92. The molecule has 1 amide bonds. The standard InChI is InChI=1S/C15H21NO3/c1-10(2)19-14-7-5-13(6-8-14)12(4)16-15(18)9-11(3)17/h5-8,10,12H,9H2,1-4H3,(H,16,18). The Morgan fingerprint density at radius 2 is 1.74 bits per heavy atom. The van der Waals surface area contributed by atoms with Crippen molar-refractivity contribution >= 4 is 11.7 Å². The Morgan fingerprint density at radius 1 is 1.16 bits per heavy atom. The number of Topliss-reactive ketones (excluding diaryl/α,β-unsaturated/α-hetero) is 1. The molecule has 0 saturated heterocycles. The SMILES string of the molecule is CC(=O)CC(=O)NC(C)c1ccc(OC(C)C)cc1. The first kappa shape index (κ1) is 15.2. The lowest BCUT2D eigenvalue weighted by Crippen LogP contribution is -2.27. The van der Waals surface area contributed by atoms with Crippen LogP contribution in [0.5, 0.6) is 5.75 Å². The van der Waals surface area contributed by atoms with E-state index in [1.54, 1.807) is 0 Å². The summed E-state index contributed by atoms with van der Waals surface area (Å²) in [5.41, 5.74) is 0.980. The number of carbonyl (C=O) groups excluding carboxylic acids is 2. The molecule has 1 rings (SSSR count). The Balaban J connectivity index is 2.59. The highest BCUT2D eigenvalue weighted by Crippen LogP contribution is 2.18.